The molecular formula is C17H19FN2O3. The smallest absolute Gasteiger partial charge is 0.233 e. The highest BCUT2D eigenvalue weighted by Crippen LogP contribution is 2.37. The number of hydrogen-bond donors (Lipinski definition) is 1. The summed E-state index contributed by atoms with van der Waals surface area (Å²) in [5.41, 5.74) is 0.102. The van der Waals surface area contributed by atoms with Gasteiger partial charge in [-0.05, 0) is 25.0 Å². The lowest BCUT2D eigenvalue weighted by molar-refractivity contribution is -0.140. The molecule has 1 heterocycles. The Kier molecular flexibility index (Phi) is 4.41. The number of carbonyl (C=O) groups is 3. The van der Waals surface area contributed by atoms with Crippen molar-refractivity contribution in [3.63, 3.8) is 0 Å². The normalized spacial score (nSPS) is 23.8. The highest BCUT2D eigenvalue weighted by Gasteiger charge is 2.47. The van der Waals surface area contributed by atoms with Crippen LogP contribution in [0.4, 0.5) is 10.1 Å². The van der Waals surface area contributed by atoms with Crippen molar-refractivity contribution in [3.05, 3.63) is 30.1 Å². The number of imide groups is 1. The Morgan fingerprint density at radius 2 is 1.74 bits per heavy atom. The number of amides is 3. The Balaban J connectivity index is 1.58. The first-order valence-electron chi connectivity index (χ1n) is 7.97. The van der Waals surface area contributed by atoms with Crippen LogP contribution >= 0.6 is 0 Å². The molecule has 3 amide bonds. The van der Waals surface area contributed by atoms with Crippen LogP contribution < -0.4 is 5.32 Å². The largest absolute Gasteiger partial charge is 0.324 e. The summed E-state index contributed by atoms with van der Waals surface area (Å²) in [4.78, 5) is 37.7. The topological polar surface area (TPSA) is 66.5 Å². The van der Waals surface area contributed by atoms with Gasteiger partial charge in [-0.25, -0.2) is 4.39 Å². The minimum Gasteiger partial charge on any atom is -0.324 e. The third kappa shape index (κ3) is 3.11. The number of nitrogens with zero attached hydrogens (tertiary/aromatic N) is 1. The molecule has 2 fully saturated rings. The van der Waals surface area contributed by atoms with Gasteiger partial charge in [0.1, 0.15) is 5.82 Å². The summed E-state index contributed by atoms with van der Waals surface area (Å²) < 4.78 is 13.5. The molecule has 1 aliphatic carbocycles. The van der Waals surface area contributed by atoms with E-state index in [-0.39, 0.29) is 42.3 Å². The number of likely N-dealkylation sites (tertiary alicyclic amines) is 1. The number of benzene rings is 1. The van der Waals surface area contributed by atoms with Crippen molar-refractivity contribution < 1.29 is 18.8 Å². The van der Waals surface area contributed by atoms with Gasteiger partial charge in [0.05, 0.1) is 17.5 Å². The van der Waals surface area contributed by atoms with Crippen molar-refractivity contribution in [1.29, 1.82) is 0 Å². The number of rotatable bonds is 4. The van der Waals surface area contributed by atoms with Crippen LogP contribution in [0.15, 0.2) is 24.3 Å². The van der Waals surface area contributed by atoms with Gasteiger partial charge in [0.15, 0.2) is 0 Å². The van der Waals surface area contributed by atoms with Gasteiger partial charge in [-0.1, -0.05) is 25.0 Å². The van der Waals surface area contributed by atoms with Crippen LogP contribution in [0, 0.1) is 17.7 Å². The summed E-state index contributed by atoms with van der Waals surface area (Å²) in [6.07, 6.45) is 3.44. The fraction of sp³-hybridized carbons (Fsp3) is 0.471. The SMILES string of the molecule is O=C(CCN1C(=O)[C@@H]2CCCC[C@H]2C1=O)Nc1ccccc1F. The lowest BCUT2D eigenvalue weighted by Crippen LogP contribution is -2.34. The standard InChI is InChI=1S/C17H19FN2O3/c18-13-7-3-4-8-14(13)19-15(21)9-10-20-16(22)11-5-1-2-6-12(11)17(20)23/h3-4,7-8,11-12H,1-2,5-6,9-10H2,(H,19,21)/t11-,12-/m1/s1. The monoisotopic (exact) mass is 318 g/mol. The number of hydrogen-bond acceptors (Lipinski definition) is 3. The second-order valence-corrected chi connectivity index (χ2v) is 6.10. The lowest BCUT2D eigenvalue weighted by Gasteiger charge is -2.19. The molecule has 6 heteroatoms. The number of halogens is 1. The van der Waals surface area contributed by atoms with E-state index in [2.05, 4.69) is 5.32 Å². The first-order valence-corrected chi connectivity index (χ1v) is 7.97. The molecule has 1 saturated carbocycles. The Hall–Kier alpha value is -2.24. The molecular weight excluding hydrogens is 299 g/mol. The second kappa shape index (κ2) is 6.48. The third-order valence-corrected chi connectivity index (χ3v) is 4.64. The van der Waals surface area contributed by atoms with Gasteiger partial charge in [0.2, 0.25) is 17.7 Å². The van der Waals surface area contributed by atoms with Crippen molar-refractivity contribution in [2.75, 3.05) is 11.9 Å². The van der Waals surface area contributed by atoms with Gasteiger partial charge in [0, 0.05) is 13.0 Å². The average molecular weight is 318 g/mol. The number of carbonyl (C=O) groups excluding carboxylic acids is 3. The van der Waals surface area contributed by atoms with Crippen LogP contribution in [0.3, 0.4) is 0 Å². The highest BCUT2D eigenvalue weighted by molar-refractivity contribution is 6.05. The molecule has 1 aromatic rings. The molecule has 122 valence electrons. The van der Waals surface area contributed by atoms with Gasteiger partial charge in [-0.15, -0.1) is 0 Å². The molecule has 23 heavy (non-hydrogen) atoms. The molecule has 2 atom stereocenters. The molecule has 3 rings (SSSR count). The highest BCUT2D eigenvalue weighted by atomic mass is 19.1. The van der Waals surface area contributed by atoms with Crippen LogP contribution in [0.1, 0.15) is 32.1 Å². The Morgan fingerprint density at radius 3 is 2.35 bits per heavy atom. The first-order chi connectivity index (χ1) is 11.1. The molecule has 1 aliphatic heterocycles. The van der Waals surface area contributed by atoms with E-state index in [0.29, 0.717) is 0 Å². The Morgan fingerprint density at radius 1 is 1.13 bits per heavy atom. The fourth-order valence-corrected chi connectivity index (χ4v) is 3.44. The average Bonchev–Trinajstić information content (AvgIpc) is 2.80. The summed E-state index contributed by atoms with van der Waals surface area (Å²) in [5, 5.41) is 2.46. The molecule has 0 unspecified atom stereocenters. The van der Waals surface area contributed by atoms with E-state index < -0.39 is 11.7 Å². The zero-order chi connectivity index (χ0) is 16.4. The van der Waals surface area contributed by atoms with Crippen LogP contribution in [-0.4, -0.2) is 29.2 Å². The predicted octanol–water partition coefficient (Wildman–Crippen LogP) is 2.33. The van der Waals surface area contributed by atoms with Crippen LogP contribution in [0.2, 0.25) is 0 Å². The number of para-hydroxylation sites is 1. The van der Waals surface area contributed by atoms with Gasteiger partial charge in [-0.3, -0.25) is 19.3 Å². The molecule has 2 aliphatic rings. The molecule has 0 spiro atoms. The quantitative estimate of drug-likeness (QED) is 0.867. The van der Waals surface area contributed by atoms with Crippen molar-refractivity contribution >= 4 is 23.4 Å². The predicted molar refractivity (Wildman–Crippen MR) is 81.8 cm³/mol. The zero-order valence-corrected chi connectivity index (χ0v) is 12.8. The van der Waals surface area contributed by atoms with Crippen LogP contribution in [0.25, 0.3) is 0 Å². The maximum atomic E-state index is 13.5. The summed E-state index contributed by atoms with van der Waals surface area (Å²) in [5.74, 6) is -1.64. The van der Waals surface area contributed by atoms with Gasteiger partial charge >= 0.3 is 0 Å². The number of fused-ring (bicyclic) bond motifs is 1. The molecule has 1 saturated heterocycles. The van der Waals surface area contributed by atoms with Gasteiger partial charge in [0.25, 0.3) is 0 Å². The minimum absolute atomic E-state index is 0.0226. The zero-order valence-electron chi connectivity index (χ0n) is 12.8. The van der Waals surface area contributed by atoms with Crippen molar-refractivity contribution in [1.82, 2.24) is 4.90 Å². The molecule has 5 nitrogen and oxygen atoms in total. The maximum absolute atomic E-state index is 13.5. The van der Waals surface area contributed by atoms with Crippen LogP contribution in [-0.2, 0) is 14.4 Å². The lowest BCUT2D eigenvalue weighted by atomic mass is 9.81. The second-order valence-electron chi connectivity index (χ2n) is 6.10. The fourth-order valence-electron chi connectivity index (χ4n) is 3.44. The third-order valence-electron chi connectivity index (χ3n) is 4.64. The van der Waals surface area contributed by atoms with Crippen molar-refractivity contribution in [2.45, 2.75) is 32.1 Å². The molecule has 1 aromatic carbocycles. The number of nitrogens with one attached hydrogen (secondary N) is 1. The van der Waals surface area contributed by atoms with E-state index in [0.717, 1.165) is 25.7 Å². The summed E-state index contributed by atoms with van der Waals surface area (Å²) in [7, 11) is 0. The Bertz CT molecular complexity index is 622. The van der Waals surface area contributed by atoms with Crippen molar-refractivity contribution in [3.8, 4) is 0 Å². The maximum Gasteiger partial charge on any atom is 0.233 e. The first kappa shape index (κ1) is 15.6. The van der Waals surface area contributed by atoms with Gasteiger partial charge < -0.3 is 5.32 Å². The summed E-state index contributed by atoms with van der Waals surface area (Å²) in [6, 6.07) is 5.88. The van der Waals surface area contributed by atoms with Crippen molar-refractivity contribution in [2.24, 2.45) is 11.8 Å². The van der Waals surface area contributed by atoms with Crippen LogP contribution in [0.5, 0.6) is 0 Å². The van der Waals surface area contributed by atoms with E-state index in [1.54, 1.807) is 6.07 Å². The molecule has 1 N–H and O–H groups in total. The van der Waals surface area contributed by atoms with E-state index in [4.69, 9.17) is 0 Å². The van der Waals surface area contributed by atoms with E-state index in [1.807, 2.05) is 0 Å². The summed E-state index contributed by atoms with van der Waals surface area (Å²) in [6.45, 7) is 0.0605. The van der Waals surface area contributed by atoms with E-state index in [1.165, 1.54) is 23.1 Å². The number of anilines is 1. The van der Waals surface area contributed by atoms with E-state index >= 15 is 0 Å². The van der Waals surface area contributed by atoms with E-state index in [9.17, 15) is 18.8 Å². The van der Waals surface area contributed by atoms with Gasteiger partial charge in [-0.2, -0.15) is 0 Å². The molecule has 0 bridgehead atoms. The minimum atomic E-state index is -0.514. The molecule has 0 radical (unpaired) electrons. The summed E-state index contributed by atoms with van der Waals surface area (Å²) >= 11 is 0. The Labute approximate surface area is 133 Å². The molecule has 0 aromatic heterocycles.